The van der Waals surface area contributed by atoms with Crippen molar-refractivity contribution in [1.29, 1.82) is 0 Å². The van der Waals surface area contributed by atoms with Crippen LogP contribution in [0.2, 0.25) is 0 Å². The highest BCUT2D eigenvalue weighted by Gasteiger charge is 2.12. The summed E-state index contributed by atoms with van der Waals surface area (Å²) >= 11 is 1.43. The van der Waals surface area contributed by atoms with Crippen molar-refractivity contribution in [3.8, 4) is 0 Å². The zero-order chi connectivity index (χ0) is 13.5. The van der Waals surface area contributed by atoms with Crippen LogP contribution in [0, 0.1) is 6.92 Å². The topological polar surface area (TPSA) is 45.2 Å². The molecule has 1 aromatic rings. The van der Waals surface area contributed by atoms with Crippen molar-refractivity contribution in [2.45, 2.75) is 26.7 Å². The lowest BCUT2D eigenvalue weighted by atomic mass is 10.3. The summed E-state index contributed by atoms with van der Waals surface area (Å²) in [6.07, 6.45) is 5.60. The minimum atomic E-state index is 0.0160. The van der Waals surface area contributed by atoms with Crippen molar-refractivity contribution in [3.05, 3.63) is 22.8 Å². The maximum atomic E-state index is 11.9. The summed E-state index contributed by atoms with van der Waals surface area (Å²) in [4.78, 5) is 18.9. The van der Waals surface area contributed by atoms with E-state index >= 15 is 0 Å². The van der Waals surface area contributed by atoms with Gasteiger partial charge in [0, 0.05) is 32.9 Å². The molecule has 0 fully saturated rings. The fourth-order valence-electron chi connectivity index (χ4n) is 1.37. The highest BCUT2D eigenvalue weighted by molar-refractivity contribution is 7.17. The molecule has 5 heteroatoms. The molecule has 0 saturated carbocycles. The highest BCUT2D eigenvalue weighted by Crippen LogP contribution is 2.23. The molecule has 1 aromatic heterocycles. The number of carbonyl (C=O) groups excluding carboxylic acids is 1. The number of unbranched alkanes of at least 4 members (excludes halogenated alkanes) is 1. The van der Waals surface area contributed by atoms with Crippen LogP contribution in [0.5, 0.6) is 0 Å². The highest BCUT2D eigenvalue weighted by atomic mass is 32.1. The van der Waals surface area contributed by atoms with E-state index in [9.17, 15) is 4.79 Å². The molecule has 0 aromatic carbocycles. The van der Waals surface area contributed by atoms with Crippen LogP contribution in [0.15, 0.2) is 12.3 Å². The molecule has 0 amide bonds. The van der Waals surface area contributed by atoms with Gasteiger partial charge in [-0.25, -0.2) is 4.98 Å². The number of nitrogens with one attached hydrogen (secondary N) is 1. The quantitative estimate of drug-likeness (QED) is 0.469. The van der Waals surface area contributed by atoms with Gasteiger partial charge in [-0.1, -0.05) is 24.7 Å². The van der Waals surface area contributed by atoms with E-state index in [1.807, 2.05) is 25.9 Å². The number of rotatable bonds is 7. The van der Waals surface area contributed by atoms with Crippen molar-refractivity contribution >= 4 is 22.3 Å². The Kier molecular flexibility index (Phi) is 5.85. The number of anilines is 1. The van der Waals surface area contributed by atoms with Crippen LogP contribution in [0.25, 0.3) is 0 Å². The molecular formula is C13H21N3OS. The van der Waals surface area contributed by atoms with E-state index in [4.69, 9.17) is 0 Å². The summed E-state index contributed by atoms with van der Waals surface area (Å²) < 4.78 is 0. The number of carbonyl (C=O) groups is 1. The van der Waals surface area contributed by atoms with E-state index in [0.29, 0.717) is 4.88 Å². The van der Waals surface area contributed by atoms with Gasteiger partial charge in [-0.2, -0.15) is 0 Å². The molecule has 0 atom stereocenters. The van der Waals surface area contributed by atoms with E-state index < -0.39 is 0 Å². The monoisotopic (exact) mass is 267 g/mol. The number of thiazole rings is 1. The predicted octanol–water partition coefficient (Wildman–Crippen LogP) is 2.92. The van der Waals surface area contributed by atoms with E-state index in [0.717, 1.165) is 30.2 Å². The lowest BCUT2D eigenvalue weighted by Gasteiger charge is -2.01. The Morgan fingerprint density at radius 2 is 2.22 bits per heavy atom. The number of aromatic nitrogens is 1. The first-order valence-electron chi connectivity index (χ1n) is 6.14. The smallest absolute Gasteiger partial charge is 0.199 e. The second-order valence-electron chi connectivity index (χ2n) is 4.36. The second-order valence-corrected chi connectivity index (χ2v) is 5.36. The van der Waals surface area contributed by atoms with Gasteiger partial charge in [0.2, 0.25) is 0 Å². The maximum absolute atomic E-state index is 11.9. The SMILES string of the molecule is CCCCNc1nc(C)c(C(=O)C=CN(C)C)s1. The molecule has 0 unspecified atom stereocenters. The molecule has 0 radical (unpaired) electrons. The molecule has 100 valence electrons. The fourth-order valence-corrected chi connectivity index (χ4v) is 2.28. The molecule has 0 aliphatic carbocycles. The second kappa shape index (κ2) is 7.16. The first kappa shape index (κ1) is 14.7. The van der Waals surface area contributed by atoms with Gasteiger partial charge in [0.1, 0.15) is 0 Å². The van der Waals surface area contributed by atoms with Gasteiger partial charge < -0.3 is 10.2 Å². The number of ketones is 1. The Morgan fingerprint density at radius 1 is 1.50 bits per heavy atom. The molecule has 4 nitrogen and oxygen atoms in total. The van der Waals surface area contributed by atoms with E-state index in [1.54, 1.807) is 12.3 Å². The van der Waals surface area contributed by atoms with Crippen LogP contribution in [0.3, 0.4) is 0 Å². The molecular weight excluding hydrogens is 246 g/mol. The number of hydrogen-bond donors (Lipinski definition) is 1. The van der Waals surface area contributed by atoms with Crippen LogP contribution < -0.4 is 5.32 Å². The molecule has 0 spiro atoms. The first-order valence-corrected chi connectivity index (χ1v) is 6.96. The van der Waals surface area contributed by atoms with Crippen LogP contribution >= 0.6 is 11.3 Å². The molecule has 0 saturated heterocycles. The Hall–Kier alpha value is -1.36. The van der Waals surface area contributed by atoms with Crippen molar-refractivity contribution in [2.75, 3.05) is 26.0 Å². The number of aryl methyl sites for hydroxylation is 1. The standard InChI is InChI=1S/C13H21N3OS/c1-5-6-8-14-13-15-10(2)12(18-13)11(17)7-9-16(3)4/h7,9H,5-6,8H2,1-4H3,(H,14,15). The van der Waals surface area contributed by atoms with E-state index in [-0.39, 0.29) is 5.78 Å². The molecule has 0 aliphatic rings. The fraction of sp³-hybridized carbons (Fsp3) is 0.538. The molecule has 1 N–H and O–H groups in total. The largest absolute Gasteiger partial charge is 0.383 e. The lowest BCUT2D eigenvalue weighted by molar-refractivity contribution is 0.104. The molecule has 18 heavy (non-hydrogen) atoms. The Labute approximate surface area is 113 Å². The third kappa shape index (κ3) is 4.49. The molecule has 0 bridgehead atoms. The van der Waals surface area contributed by atoms with Gasteiger partial charge in [0.25, 0.3) is 0 Å². The average molecular weight is 267 g/mol. The van der Waals surface area contributed by atoms with Crippen LogP contribution in [-0.2, 0) is 0 Å². The van der Waals surface area contributed by atoms with Gasteiger partial charge in [0.15, 0.2) is 10.9 Å². The Balaban J connectivity index is 2.69. The molecule has 1 heterocycles. The van der Waals surface area contributed by atoms with Gasteiger partial charge in [0.05, 0.1) is 10.6 Å². The number of allylic oxidation sites excluding steroid dienone is 1. The Morgan fingerprint density at radius 3 is 2.83 bits per heavy atom. The number of hydrogen-bond acceptors (Lipinski definition) is 5. The van der Waals surface area contributed by atoms with Crippen molar-refractivity contribution < 1.29 is 4.79 Å². The van der Waals surface area contributed by atoms with Gasteiger partial charge in [-0.05, 0) is 13.3 Å². The molecule has 0 aliphatic heterocycles. The Bertz CT molecular complexity index is 424. The summed E-state index contributed by atoms with van der Waals surface area (Å²) in [6, 6.07) is 0. The summed E-state index contributed by atoms with van der Waals surface area (Å²) in [7, 11) is 3.78. The summed E-state index contributed by atoms with van der Waals surface area (Å²) in [5.74, 6) is 0.0160. The maximum Gasteiger partial charge on any atom is 0.199 e. The van der Waals surface area contributed by atoms with Gasteiger partial charge in [-0.3, -0.25) is 4.79 Å². The van der Waals surface area contributed by atoms with Crippen molar-refractivity contribution in [2.24, 2.45) is 0 Å². The van der Waals surface area contributed by atoms with Crippen LogP contribution in [0.1, 0.15) is 35.1 Å². The molecule has 1 rings (SSSR count). The minimum absolute atomic E-state index is 0.0160. The van der Waals surface area contributed by atoms with E-state index in [2.05, 4.69) is 17.2 Å². The predicted molar refractivity (Wildman–Crippen MR) is 77.4 cm³/mol. The average Bonchev–Trinajstić information content (AvgIpc) is 2.68. The third-order valence-corrected chi connectivity index (χ3v) is 3.48. The van der Waals surface area contributed by atoms with Gasteiger partial charge in [-0.15, -0.1) is 0 Å². The lowest BCUT2D eigenvalue weighted by Crippen LogP contribution is -2.02. The van der Waals surface area contributed by atoms with Gasteiger partial charge >= 0.3 is 0 Å². The zero-order valence-electron chi connectivity index (χ0n) is 11.5. The minimum Gasteiger partial charge on any atom is -0.383 e. The van der Waals surface area contributed by atoms with Crippen LogP contribution in [-0.4, -0.2) is 36.3 Å². The van der Waals surface area contributed by atoms with Crippen molar-refractivity contribution in [3.63, 3.8) is 0 Å². The summed E-state index contributed by atoms with van der Waals surface area (Å²) in [5, 5.41) is 4.08. The van der Waals surface area contributed by atoms with Crippen LogP contribution in [0.4, 0.5) is 5.13 Å². The number of nitrogens with zero attached hydrogens (tertiary/aromatic N) is 2. The first-order chi connectivity index (χ1) is 8.54. The third-order valence-electron chi connectivity index (χ3n) is 2.35. The van der Waals surface area contributed by atoms with Crippen molar-refractivity contribution in [1.82, 2.24) is 9.88 Å². The normalized spacial score (nSPS) is 10.9. The zero-order valence-corrected chi connectivity index (χ0v) is 12.3. The summed E-state index contributed by atoms with van der Waals surface area (Å²) in [6.45, 7) is 4.93. The van der Waals surface area contributed by atoms with E-state index in [1.165, 1.54) is 11.3 Å². The summed E-state index contributed by atoms with van der Waals surface area (Å²) in [5.41, 5.74) is 0.799.